The highest BCUT2D eigenvalue weighted by molar-refractivity contribution is 7.09. The Labute approximate surface area is 121 Å². The van der Waals surface area contributed by atoms with E-state index in [-0.39, 0.29) is 5.84 Å². The van der Waals surface area contributed by atoms with Crippen LogP contribution < -0.4 is 10.6 Å². The maximum absolute atomic E-state index is 8.76. The van der Waals surface area contributed by atoms with Gasteiger partial charge in [0.05, 0.1) is 6.54 Å². The summed E-state index contributed by atoms with van der Waals surface area (Å²) < 4.78 is 0. The first-order valence-corrected chi connectivity index (χ1v) is 7.40. The number of nitrogens with zero attached hydrogens (tertiary/aromatic N) is 3. The number of hydrogen-bond donors (Lipinski definition) is 2. The first kappa shape index (κ1) is 12.9. The lowest BCUT2D eigenvalue weighted by atomic mass is 10.3. The van der Waals surface area contributed by atoms with Crippen LogP contribution in [-0.2, 0) is 6.54 Å². The van der Waals surface area contributed by atoms with Crippen molar-refractivity contribution in [1.82, 2.24) is 4.98 Å². The normalized spacial score (nSPS) is 15.3. The Morgan fingerprint density at radius 2 is 2.25 bits per heavy atom. The Hall–Kier alpha value is -2.08. The van der Waals surface area contributed by atoms with Crippen molar-refractivity contribution < 1.29 is 5.21 Å². The molecule has 0 unspecified atom stereocenters. The lowest BCUT2D eigenvalue weighted by Gasteiger charge is -2.23. The molecule has 1 aliphatic carbocycles. The molecule has 2 heterocycles. The van der Waals surface area contributed by atoms with Crippen LogP contribution in [0.3, 0.4) is 0 Å². The molecule has 0 aromatic carbocycles. The largest absolute Gasteiger partial charge is 0.409 e. The molecule has 0 radical (unpaired) electrons. The average Bonchev–Trinajstić information content (AvgIpc) is 3.20. The van der Waals surface area contributed by atoms with E-state index in [0.717, 1.165) is 12.4 Å². The Morgan fingerprint density at radius 3 is 2.90 bits per heavy atom. The third-order valence-electron chi connectivity index (χ3n) is 3.29. The topological polar surface area (TPSA) is 74.7 Å². The van der Waals surface area contributed by atoms with Gasteiger partial charge in [-0.05, 0) is 36.4 Å². The number of thiophene rings is 1. The minimum absolute atomic E-state index is 0.0405. The maximum atomic E-state index is 8.76. The summed E-state index contributed by atoms with van der Waals surface area (Å²) in [7, 11) is 0. The quantitative estimate of drug-likeness (QED) is 0.383. The summed E-state index contributed by atoms with van der Waals surface area (Å²) in [4.78, 5) is 8.10. The summed E-state index contributed by atoms with van der Waals surface area (Å²) >= 11 is 1.75. The van der Waals surface area contributed by atoms with Gasteiger partial charge < -0.3 is 15.8 Å². The highest BCUT2D eigenvalue weighted by atomic mass is 32.1. The van der Waals surface area contributed by atoms with Gasteiger partial charge in [0.1, 0.15) is 11.5 Å². The molecule has 1 aliphatic rings. The third kappa shape index (κ3) is 2.75. The predicted molar refractivity (Wildman–Crippen MR) is 80.3 cm³/mol. The molecule has 3 rings (SSSR count). The van der Waals surface area contributed by atoms with Crippen molar-refractivity contribution in [3.05, 3.63) is 46.3 Å². The van der Waals surface area contributed by atoms with Gasteiger partial charge in [-0.3, -0.25) is 0 Å². The molecule has 6 heteroatoms. The first-order valence-electron chi connectivity index (χ1n) is 6.52. The Morgan fingerprint density at radius 1 is 1.40 bits per heavy atom. The smallest absolute Gasteiger partial charge is 0.188 e. The van der Waals surface area contributed by atoms with Crippen LogP contribution >= 0.6 is 11.3 Å². The zero-order chi connectivity index (χ0) is 13.9. The third-order valence-corrected chi connectivity index (χ3v) is 4.15. The van der Waals surface area contributed by atoms with Crippen LogP contribution in [0.1, 0.15) is 23.4 Å². The van der Waals surface area contributed by atoms with Crippen molar-refractivity contribution >= 4 is 23.0 Å². The van der Waals surface area contributed by atoms with Gasteiger partial charge in [-0.15, -0.1) is 11.3 Å². The second-order valence-electron chi connectivity index (χ2n) is 4.80. The van der Waals surface area contributed by atoms with Crippen molar-refractivity contribution in [3.8, 4) is 0 Å². The highest BCUT2D eigenvalue weighted by Gasteiger charge is 2.30. The van der Waals surface area contributed by atoms with Crippen LogP contribution in [0.4, 0.5) is 5.82 Å². The zero-order valence-electron chi connectivity index (χ0n) is 10.9. The number of anilines is 1. The van der Waals surface area contributed by atoms with Crippen molar-refractivity contribution in [2.75, 3.05) is 4.90 Å². The minimum Gasteiger partial charge on any atom is -0.409 e. The molecule has 1 fully saturated rings. The van der Waals surface area contributed by atoms with Gasteiger partial charge in [-0.2, -0.15) is 0 Å². The molecular weight excluding hydrogens is 272 g/mol. The van der Waals surface area contributed by atoms with Crippen LogP contribution in [0.5, 0.6) is 0 Å². The number of oxime groups is 1. The first-order chi connectivity index (χ1) is 9.78. The molecule has 20 heavy (non-hydrogen) atoms. The van der Waals surface area contributed by atoms with E-state index in [1.807, 2.05) is 12.1 Å². The molecule has 2 aromatic heterocycles. The predicted octanol–water partition coefficient (Wildman–Crippen LogP) is 2.41. The molecule has 0 amide bonds. The van der Waals surface area contributed by atoms with E-state index < -0.39 is 0 Å². The fraction of sp³-hybridized carbons (Fsp3) is 0.286. The summed E-state index contributed by atoms with van der Waals surface area (Å²) in [6.45, 7) is 0.856. The van der Waals surface area contributed by atoms with Crippen molar-refractivity contribution in [3.63, 3.8) is 0 Å². The van der Waals surface area contributed by atoms with Gasteiger partial charge in [-0.25, -0.2) is 4.98 Å². The molecule has 3 N–H and O–H groups in total. The minimum atomic E-state index is 0.0405. The number of pyridine rings is 1. The van der Waals surface area contributed by atoms with E-state index in [0.29, 0.717) is 11.7 Å². The second-order valence-corrected chi connectivity index (χ2v) is 5.84. The van der Waals surface area contributed by atoms with Crippen molar-refractivity contribution in [2.45, 2.75) is 25.4 Å². The van der Waals surface area contributed by atoms with E-state index in [1.165, 1.54) is 17.7 Å². The van der Waals surface area contributed by atoms with E-state index in [1.54, 1.807) is 17.4 Å². The van der Waals surface area contributed by atoms with Crippen LogP contribution in [0.2, 0.25) is 0 Å². The molecule has 0 atom stereocenters. The summed E-state index contributed by atoms with van der Waals surface area (Å²) in [5.41, 5.74) is 6.11. The van der Waals surface area contributed by atoms with E-state index in [2.05, 4.69) is 32.6 Å². The van der Waals surface area contributed by atoms with Crippen LogP contribution in [0, 0.1) is 0 Å². The van der Waals surface area contributed by atoms with Gasteiger partial charge in [-0.1, -0.05) is 17.3 Å². The Balaban J connectivity index is 1.87. The summed E-state index contributed by atoms with van der Waals surface area (Å²) in [5.74, 6) is 0.920. The van der Waals surface area contributed by atoms with Gasteiger partial charge in [0.2, 0.25) is 0 Å². The summed E-state index contributed by atoms with van der Waals surface area (Å²) in [5, 5.41) is 13.9. The number of amidine groups is 1. The summed E-state index contributed by atoms with van der Waals surface area (Å²) in [6, 6.07) is 10.3. The SMILES string of the molecule is NC(=NO)c1cccc(N(Cc2cccs2)C2CC2)n1. The lowest BCUT2D eigenvalue weighted by molar-refractivity contribution is 0.318. The molecular formula is C14H16N4OS. The molecule has 0 spiro atoms. The molecule has 1 saturated carbocycles. The maximum Gasteiger partial charge on any atom is 0.188 e. The highest BCUT2D eigenvalue weighted by Crippen LogP contribution is 2.32. The second kappa shape index (κ2) is 5.50. The number of rotatable bonds is 5. The van der Waals surface area contributed by atoms with E-state index >= 15 is 0 Å². The van der Waals surface area contributed by atoms with Crippen LogP contribution in [0.15, 0.2) is 40.9 Å². The monoisotopic (exact) mass is 288 g/mol. The molecule has 5 nitrogen and oxygen atoms in total. The Kier molecular flexibility index (Phi) is 3.56. The van der Waals surface area contributed by atoms with Crippen LogP contribution in [-0.4, -0.2) is 22.1 Å². The molecule has 2 aromatic rings. The van der Waals surface area contributed by atoms with Crippen LogP contribution in [0.25, 0.3) is 0 Å². The van der Waals surface area contributed by atoms with Gasteiger partial charge >= 0.3 is 0 Å². The molecule has 0 saturated heterocycles. The fourth-order valence-electron chi connectivity index (χ4n) is 2.13. The summed E-state index contributed by atoms with van der Waals surface area (Å²) in [6.07, 6.45) is 2.39. The molecule has 0 aliphatic heterocycles. The van der Waals surface area contributed by atoms with Gasteiger partial charge in [0.15, 0.2) is 5.84 Å². The van der Waals surface area contributed by atoms with Crippen molar-refractivity contribution in [2.24, 2.45) is 10.9 Å². The number of aromatic nitrogens is 1. The fourth-order valence-corrected chi connectivity index (χ4v) is 2.83. The van der Waals surface area contributed by atoms with E-state index in [9.17, 15) is 0 Å². The van der Waals surface area contributed by atoms with E-state index in [4.69, 9.17) is 10.9 Å². The molecule has 104 valence electrons. The number of hydrogen-bond acceptors (Lipinski definition) is 5. The van der Waals surface area contributed by atoms with Crippen molar-refractivity contribution in [1.29, 1.82) is 0 Å². The zero-order valence-corrected chi connectivity index (χ0v) is 11.8. The molecule has 0 bridgehead atoms. The van der Waals surface area contributed by atoms with Gasteiger partial charge in [0.25, 0.3) is 0 Å². The standard InChI is InChI=1S/C14H16N4OS/c15-14(17-19)12-4-1-5-13(16-12)18(10-6-7-10)9-11-3-2-8-20-11/h1-5,8,10,19H,6-7,9H2,(H2,15,17). The number of nitrogens with two attached hydrogens (primary N) is 1. The Bertz CT molecular complexity index is 607. The van der Waals surface area contributed by atoms with Gasteiger partial charge in [0, 0.05) is 10.9 Å². The average molecular weight is 288 g/mol. The lowest BCUT2D eigenvalue weighted by Crippen LogP contribution is -2.26.